The molecule has 0 unspecified atom stereocenters. The zero-order chi connectivity index (χ0) is 22.9. The van der Waals surface area contributed by atoms with E-state index in [9.17, 15) is 4.79 Å². The van der Waals surface area contributed by atoms with Gasteiger partial charge in [-0.25, -0.2) is 0 Å². The number of hydrogen-bond acceptors (Lipinski definition) is 1. The Hall–Kier alpha value is -4.43. The zero-order valence-corrected chi connectivity index (χ0v) is 18.3. The van der Waals surface area contributed by atoms with Crippen LogP contribution in [-0.2, 0) is 0 Å². The second-order valence-corrected chi connectivity index (χ2v) is 7.96. The van der Waals surface area contributed by atoms with Crippen LogP contribution in [0.5, 0.6) is 0 Å². The summed E-state index contributed by atoms with van der Waals surface area (Å²) >= 11 is 0. The molecule has 5 rings (SSSR count). The number of hydrogen-bond donors (Lipinski definition) is 1. The minimum atomic E-state index is -0.138. The van der Waals surface area contributed by atoms with Crippen molar-refractivity contribution in [2.45, 2.75) is 0 Å². The second-order valence-electron chi connectivity index (χ2n) is 7.96. The molecule has 1 N–H and O–H groups in total. The maximum atomic E-state index is 12.8. The standard InChI is InChI=1S/C31H23NO/c1-4-20-18-22-14-10-11-15-26(22)29(20)30-25(6-3)24(5-2)27-17-16-23(19-28(27)30)32-31(33)21-12-8-7-9-13-21/h4-19H,1-3H2,(H,32,33)/b30-29-. The predicted molar refractivity (Wildman–Crippen MR) is 140 cm³/mol. The average Bonchev–Trinajstić information content (AvgIpc) is 3.38. The lowest BCUT2D eigenvalue weighted by Crippen LogP contribution is -2.11. The number of carbonyl (C=O) groups excluding carboxylic acids is 1. The molecule has 158 valence electrons. The zero-order valence-electron chi connectivity index (χ0n) is 18.3. The molecule has 0 aromatic heterocycles. The molecular formula is C31H23NO. The lowest BCUT2D eigenvalue weighted by atomic mass is 9.90. The van der Waals surface area contributed by atoms with Gasteiger partial charge in [-0.2, -0.15) is 0 Å². The largest absolute Gasteiger partial charge is 0.322 e. The Morgan fingerprint density at radius 2 is 1.42 bits per heavy atom. The fraction of sp³-hybridized carbons (Fsp3) is 0. The number of fused-ring (bicyclic) bond motifs is 2. The van der Waals surface area contributed by atoms with Gasteiger partial charge in [0.05, 0.1) is 0 Å². The van der Waals surface area contributed by atoms with Crippen molar-refractivity contribution in [1.29, 1.82) is 0 Å². The van der Waals surface area contributed by atoms with Crippen molar-refractivity contribution in [3.8, 4) is 0 Å². The molecule has 0 saturated carbocycles. The molecule has 2 aliphatic carbocycles. The van der Waals surface area contributed by atoms with Gasteiger partial charge in [0.2, 0.25) is 0 Å². The normalized spacial score (nSPS) is 16.1. The van der Waals surface area contributed by atoms with Crippen LogP contribution in [0.2, 0.25) is 0 Å². The Labute approximate surface area is 194 Å². The number of benzene rings is 3. The first-order valence-corrected chi connectivity index (χ1v) is 10.8. The van der Waals surface area contributed by atoms with E-state index >= 15 is 0 Å². The molecule has 3 aromatic rings. The number of carbonyl (C=O) groups is 1. The van der Waals surface area contributed by atoms with Crippen LogP contribution in [0, 0.1) is 0 Å². The van der Waals surface area contributed by atoms with Crippen molar-refractivity contribution < 1.29 is 4.79 Å². The van der Waals surface area contributed by atoms with Crippen molar-refractivity contribution in [2.24, 2.45) is 0 Å². The van der Waals surface area contributed by atoms with E-state index in [1.165, 1.54) is 5.56 Å². The fourth-order valence-electron chi connectivity index (χ4n) is 4.67. The van der Waals surface area contributed by atoms with Crippen molar-refractivity contribution in [3.63, 3.8) is 0 Å². The first-order chi connectivity index (χ1) is 16.2. The summed E-state index contributed by atoms with van der Waals surface area (Å²) in [6, 6.07) is 23.6. The van der Waals surface area contributed by atoms with Crippen LogP contribution in [-0.4, -0.2) is 5.91 Å². The van der Waals surface area contributed by atoms with Crippen LogP contribution in [0.4, 0.5) is 5.69 Å². The lowest BCUT2D eigenvalue weighted by molar-refractivity contribution is 0.102. The molecule has 0 saturated heterocycles. The maximum absolute atomic E-state index is 12.8. The van der Waals surface area contributed by atoms with E-state index in [2.05, 4.69) is 49.3 Å². The quantitative estimate of drug-likeness (QED) is 0.449. The van der Waals surface area contributed by atoms with Crippen LogP contribution in [0.3, 0.4) is 0 Å². The SMILES string of the molecule is C=CC1=Cc2ccccc2/C1=C1/C(C=C)=C(C=C)c2ccc(NC(=O)c3ccccc3)cc21. The Morgan fingerprint density at radius 1 is 0.697 bits per heavy atom. The molecule has 2 heteroatoms. The summed E-state index contributed by atoms with van der Waals surface area (Å²) in [4.78, 5) is 12.8. The third-order valence-electron chi connectivity index (χ3n) is 6.14. The summed E-state index contributed by atoms with van der Waals surface area (Å²) < 4.78 is 0. The van der Waals surface area contributed by atoms with E-state index in [0.29, 0.717) is 5.56 Å². The monoisotopic (exact) mass is 425 g/mol. The third-order valence-corrected chi connectivity index (χ3v) is 6.14. The van der Waals surface area contributed by atoms with Crippen LogP contribution in [0.15, 0.2) is 122 Å². The molecule has 1 amide bonds. The number of amides is 1. The van der Waals surface area contributed by atoms with Gasteiger partial charge in [0.25, 0.3) is 5.91 Å². The van der Waals surface area contributed by atoms with Crippen LogP contribution >= 0.6 is 0 Å². The van der Waals surface area contributed by atoms with Crippen LogP contribution < -0.4 is 5.32 Å². The first kappa shape index (κ1) is 20.5. The number of anilines is 1. The predicted octanol–water partition coefficient (Wildman–Crippen LogP) is 7.57. The Balaban J connectivity index is 1.70. The summed E-state index contributed by atoms with van der Waals surface area (Å²) in [5.41, 5.74) is 11.2. The summed E-state index contributed by atoms with van der Waals surface area (Å²) in [6.45, 7) is 12.2. The molecule has 0 atom stereocenters. The van der Waals surface area contributed by atoms with Crippen molar-refractivity contribution >= 4 is 34.4 Å². The van der Waals surface area contributed by atoms with Gasteiger partial charge in [0, 0.05) is 11.3 Å². The number of nitrogens with one attached hydrogen (secondary N) is 1. The smallest absolute Gasteiger partial charge is 0.255 e. The highest BCUT2D eigenvalue weighted by Gasteiger charge is 2.30. The molecule has 0 radical (unpaired) electrons. The highest BCUT2D eigenvalue weighted by Crippen LogP contribution is 2.51. The van der Waals surface area contributed by atoms with E-state index in [1.54, 1.807) is 12.1 Å². The van der Waals surface area contributed by atoms with Gasteiger partial charge in [0.15, 0.2) is 0 Å². The summed E-state index contributed by atoms with van der Waals surface area (Å²) in [6.07, 6.45) is 7.83. The van der Waals surface area contributed by atoms with Gasteiger partial charge in [-0.3, -0.25) is 4.79 Å². The summed E-state index contributed by atoms with van der Waals surface area (Å²) in [5, 5.41) is 3.04. The molecule has 0 fully saturated rings. The first-order valence-electron chi connectivity index (χ1n) is 10.8. The molecule has 0 bridgehead atoms. The average molecular weight is 426 g/mol. The maximum Gasteiger partial charge on any atom is 0.255 e. The van der Waals surface area contributed by atoms with Gasteiger partial charge in [-0.15, -0.1) is 0 Å². The van der Waals surface area contributed by atoms with Gasteiger partial charge in [-0.05, 0) is 80.5 Å². The summed E-state index contributed by atoms with van der Waals surface area (Å²) in [7, 11) is 0. The second kappa shape index (κ2) is 8.25. The van der Waals surface area contributed by atoms with E-state index in [1.807, 2.05) is 60.7 Å². The van der Waals surface area contributed by atoms with Crippen molar-refractivity contribution in [2.75, 3.05) is 5.32 Å². The highest BCUT2D eigenvalue weighted by atomic mass is 16.1. The molecule has 0 spiro atoms. The highest BCUT2D eigenvalue weighted by molar-refractivity contribution is 6.19. The number of allylic oxidation sites excluding steroid dienone is 8. The number of rotatable bonds is 5. The van der Waals surface area contributed by atoms with E-state index in [-0.39, 0.29) is 5.91 Å². The lowest BCUT2D eigenvalue weighted by Gasteiger charge is -2.14. The van der Waals surface area contributed by atoms with Crippen LogP contribution in [0.1, 0.15) is 32.6 Å². The van der Waals surface area contributed by atoms with E-state index < -0.39 is 0 Å². The van der Waals surface area contributed by atoms with Crippen molar-refractivity contribution in [3.05, 3.63) is 150 Å². The van der Waals surface area contributed by atoms with Gasteiger partial charge in [-0.1, -0.05) is 86.5 Å². The molecule has 33 heavy (non-hydrogen) atoms. The molecule has 0 heterocycles. The third kappa shape index (κ3) is 3.33. The molecule has 3 aromatic carbocycles. The minimum Gasteiger partial charge on any atom is -0.322 e. The fourth-order valence-corrected chi connectivity index (χ4v) is 4.67. The van der Waals surface area contributed by atoms with Gasteiger partial charge in [0.1, 0.15) is 0 Å². The van der Waals surface area contributed by atoms with Crippen molar-refractivity contribution in [1.82, 2.24) is 0 Å². The molecule has 2 nitrogen and oxygen atoms in total. The minimum absolute atomic E-state index is 0.138. The van der Waals surface area contributed by atoms with Crippen LogP contribution in [0.25, 0.3) is 22.8 Å². The van der Waals surface area contributed by atoms with E-state index in [0.717, 1.165) is 50.2 Å². The molecule has 0 aliphatic heterocycles. The summed E-state index contributed by atoms with van der Waals surface area (Å²) in [5.74, 6) is -0.138. The Morgan fingerprint density at radius 3 is 2.15 bits per heavy atom. The van der Waals surface area contributed by atoms with E-state index in [4.69, 9.17) is 0 Å². The van der Waals surface area contributed by atoms with Gasteiger partial charge >= 0.3 is 0 Å². The molecular weight excluding hydrogens is 402 g/mol. The topological polar surface area (TPSA) is 29.1 Å². The van der Waals surface area contributed by atoms with Gasteiger partial charge < -0.3 is 5.32 Å². The Kier molecular flexibility index (Phi) is 5.12. The molecule has 2 aliphatic rings. The Bertz CT molecular complexity index is 1430.